The Bertz CT molecular complexity index is 527. The van der Waals surface area contributed by atoms with Crippen molar-refractivity contribution < 1.29 is 9.53 Å². The molecule has 1 aromatic heterocycles. The summed E-state index contributed by atoms with van der Waals surface area (Å²) in [6.45, 7) is 7.80. The number of guanidine groups is 1. The second kappa shape index (κ2) is 11.7. The molecule has 0 aliphatic heterocycles. The number of hydrogen-bond donors (Lipinski definition) is 2. The fourth-order valence-electron chi connectivity index (χ4n) is 1.98. The summed E-state index contributed by atoms with van der Waals surface area (Å²) < 4.78 is 5.56. The molecule has 1 atom stereocenters. The van der Waals surface area contributed by atoms with Crippen LogP contribution in [-0.4, -0.2) is 57.2 Å². The van der Waals surface area contributed by atoms with Crippen molar-refractivity contribution in [2.75, 3.05) is 34.3 Å². The highest BCUT2D eigenvalue weighted by molar-refractivity contribution is 14.0. The molecule has 0 bridgehead atoms. The molecular formula is C17H31IN4O2S. The summed E-state index contributed by atoms with van der Waals surface area (Å²) in [6.07, 6.45) is 0.0378. The number of aliphatic imine (C=N–C) groups is 1. The molecule has 8 heteroatoms. The van der Waals surface area contributed by atoms with E-state index in [2.05, 4.69) is 42.5 Å². The van der Waals surface area contributed by atoms with Gasteiger partial charge in [-0.25, -0.2) is 4.99 Å². The molecule has 25 heavy (non-hydrogen) atoms. The van der Waals surface area contributed by atoms with Crippen molar-refractivity contribution in [3.8, 4) is 0 Å². The van der Waals surface area contributed by atoms with E-state index in [1.807, 2.05) is 11.4 Å². The van der Waals surface area contributed by atoms with Crippen molar-refractivity contribution in [3.05, 3.63) is 22.4 Å². The van der Waals surface area contributed by atoms with Gasteiger partial charge in [-0.3, -0.25) is 4.79 Å². The predicted molar refractivity (Wildman–Crippen MR) is 116 cm³/mol. The maximum Gasteiger partial charge on any atom is 0.243 e. The molecule has 0 fully saturated rings. The van der Waals surface area contributed by atoms with Crippen LogP contribution in [0.5, 0.6) is 0 Å². The van der Waals surface area contributed by atoms with E-state index in [1.165, 1.54) is 9.78 Å². The van der Waals surface area contributed by atoms with Crippen LogP contribution in [-0.2, 0) is 16.1 Å². The fraction of sp³-hybridized carbons (Fsp3) is 0.647. The Balaban J connectivity index is 0.00000576. The molecule has 0 radical (unpaired) electrons. The number of likely N-dealkylation sites (N-methyl/N-ethyl adjacent to an activating group) is 1. The van der Waals surface area contributed by atoms with Crippen LogP contribution in [0.1, 0.15) is 25.6 Å². The summed E-state index contributed by atoms with van der Waals surface area (Å²) in [7, 11) is 5.16. The lowest BCUT2D eigenvalue weighted by Gasteiger charge is -2.30. The molecule has 0 saturated heterocycles. The van der Waals surface area contributed by atoms with E-state index in [0.29, 0.717) is 19.0 Å². The summed E-state index contributed by atoms with van der Waals surface area (Å²) in [5.41, 5.74) is 0.0140. The number of nitrogens with zero attached hydrogens (tertiary/aromatic N) is 2. The van der Waals surface area contributed by atoms with Gasteiger partial charge < -0.3 is 20.3 Å². The van der Waals surface area contributed by atoms with Crippen LogP contribution in [0.3, 0.4) is 0 Å². The Morgan fingerprint density at radius 3 is 2.52 bits per heavy atom. The number of thiophene rings is 1. The van der Waals surface area contributed by atoms with E-state index in [4.69, 9.17) is 4.74 Å². The SMILES string of the molecule is COC(CNC(=NCC(=O)N(C)C)NCc1cccs1)C(C)(C)C.I. The van der Waals surface area contributed by atoms with Gasteiger partial charge in [0.2, 0.25) is 5.91 Å². The van der Waals surface area contributed by atoms with Crippen LogP contribution in [0.2, 0.25) is 0 Å². The van der Waals surface area contributed by atoms with E-state index < -0.39 is 0 Å². The van der Waals surface area contributed by atoms with Crippen LogP contribution in [0.25, 0.3) is 0 Å². The van der Waals surface area contributed by atoms with Gasteiger partial charge in [0.15, 0.2) is 5.96 Å². The number of ether oxygens (including phenoxy) is 1. The molecule has 1 unspecified atom stereocenters. The smallest absolute Gasteiger partial charge is 0.243 e. The Labute approximate surface area is 172 Å². The van der Waals surface area contributed by atoms with Gasteiger partial charge in [-0.15, -0.1) is 35.3 Å². The Morgan fingerprint density at radius 1 is 1.36 bits per heavy atom. The van der Waals surface area contributed by atoms with E-state index >= 15 is 0 Å². The van der Waals surface area contributed by atoms with E-state index in [1.54, 1.807) is 32.5 Å². The van der Waals surface area contributed by atoms with Crippen molar-refractivity contribution in [2.45, 2.75) is 33.4 Å². The third kappa shape index (κ3) is 9.41. The normalized spacial score (nSPS) is 13.0. The molecule has 2 N–H and O–H groups in total. The first-order valence-corrected chi connectivity index (χ1v) is 8.89. The highest BCUT2D eigenvalue weighted by atomic mass is 127. The van der Waals surface area contributed by atoms with Gasteiger partial charge >= 0.3 is 0 Å². The fourth-order valence-corrected chi connectivity index (χ4v) is 2.62. The average molecular weight is 482 g/mol. The average Bonchev–Trinajstić information content (AvgIpc) is 3.01. The molecule has 6 nitrogen and oxygen atoms in total. The number of nitrogens with one attached hydrogen (secondary N) is 2. The lowest BCUT2D eigenvalue weighted by molar-refractivity contribution is -0.127. The first kappa shape index (κ1) is 24.1. The molecule has 0 aromatic carbocycles. The monoisotopic (exact) mass is 482 g/mol. The van der Waals surface area contributed by atoms with Gasteiger partial charge in [-0.1, -0.05) is 26.8 Å². The first-order valence-electron chi connectivity index (χ1n) is 8.01. The van der Waals surface area contributed by atoms with Crippen LogP contribution in [0.4, 0.5) is 0 Å². The zero-order chi connectivity index (χ0) is 18.2. The molecule has 0 aliphatic rings. The second-order valence-corrected chi connectivity index (χ2v) is 7.89. The van der Waals surface area contributed by atoms with Gasteiger partial charge in [0.1, 0.15) is 6.54 Å². The van der Waals surface area contributed by atoms with Crippen LogP contribution in [0, 0.1) is 5.41 Å². The summed E-state index contributed by atoms with van der Waals surface area (Å²) in [6, 6.07) is 4.08. The summed E-state index contributed by atoms with van der Waals surface area (Å²) in [5.74, 6) is 0.580. The Kier molecular flexibility index (Phi) is 11.3. The summed E-state index contributed by atoms with van der Waals surface area (Å²) in [5, 5.41) is 8.59. The molecule has 1 heterocycles. The maximum atomic E-state index is 11.8. The topological polar surface area (TPSA) is 66.0 Å². The van der Waals surface area contributed by atoms with Gasteiger partial charge in [-0.05, 0) is 16.9 Å². The summed E-state index contributed by atoms with van der Waals surface area (Å²) >= 11 is 1.68. The molecule has 1 aromatic rings. The van der Waals surface area contributed by atoms with Gasteiger partial charge in [0, 0.05) is 32.6 Å². The minimum atomic E-state index is -0.0358. The lowest BCUT2D eigenvalue weighted by Crippen LogP contribution is -2.45. The number of amides is 1. The van der Waals surface area contributed by atoms with Crippen molar-refractivity contribution in [2.24, 2.45) is 10.4 Å². The molecule has 1 rings (SSSR count). The molecule has 0 aliphatic carbocycles. The molecule has 1 amide bonds. The standard InChI is InChI=1S/C17H30N4O2S.HI/c1-17(2,3)14(23-6)11-19-16(20-12-15(22)21(4)5)18-10-13-8-7-9-24-13;/h7-9,14H,10-12H2,1-6H3,(H2,18,19,20);1H. The largest absolute Gasteiger partial charge is 0.379 e. The predicted octanol–water partition coefficient (Wildman–Crippen LogP) is 2.55. The molecule has 144 valence electrons. The van der Waals surface area contributed by atoms with Crippen molar-refractivity contribution in [3.63, 3.8) is 0 Å². The Morgan fingerprint density at radius 2 is 2.04 bits per heavy atom. The maximum absolute atomic E-state index is 11.8. The van der Waals surface area contributed by atoms with E-state index in [-0.39, 0.29) is 47.9 Å². The second-order valence-electron chi connectivity index (χ2n) is 6.86. The molecular weight excluding hydrogens is 451 g/mol. The van der Waals surface area contributed by atoms with Crippen LogP contribution >= 0.6 is 35.3 Å². The number of rotatable bonds is 7. The van der Waals surface area contributed by atoms with Crippen molar-refractivity contribution >= 4 is 47.2 Å². The zero-order valence-electron chi connectivity index (χ0n) is 16.0. The highest BCUT2D eigenvalue weighted by Gasteiger charge is 2.24. The van der Waals surface area contributed by atoms with Gasteiger partial charge in [0.25, 0.3) is 0 Å². The van der Waals surface area contributed by atoms with Crippen LogP contribution in [0.15, 0.2) is 22.5 Å². The Hall–Kier alpha value is -0.870. The van der Waals surface area contributed by atoms with E-state index in [0.717, 1.165) is 0 Å². The number of carbonyl (C=O) groups excluding carboxylic acids is 1. The number of carbonyl (C=O) groups is 1. The molecule has 0 spiro atoms. The lowest BCUT2D eigenvalue weighted by atomic mass is 9.89. The number of halogens is 1. The summed E-state index contributed by atoms with van der Waals surface area (Å²) in [4.78, 5) is 18.9. The minimum Gasteiger partial charge on any atom is -0.379 e. The van der Waals surface area contributed by atoms with Crippen molar-refractivity contribution in [1.29, 1.82) is 0 Å². The number of hydrogen-bond acceptors (Lipinski definition) is 4. The van der Waals surface area contributed by atoms with Crippen LogP contribution < -0.4 is 10.6 Å². The third-order valence-electron chi connectivity index (χ3n) is 3.59. The quantitative estimate of drug-likeness (QED) is 0.356. The zero-order valence-corrected chi connectivity index (χ0v) is 19.1. The minimum absolute atomic E-state index is 0. The highest BCUT2D eigenvalue weighted by Crippen LogP contribution is 2.20. The van der Waals surface area contributed by atoms with E-state index in [9.17, 15) is 4.79 Å². The third-order valence-corrected chi connectivity index (χ3v) is 4.46. The van der Waals surface area contributed by atoms with Gasteiger partial charge in [0.05, 0.1) is 12.6 Å². The van der Waals surface area contributed by atoms with Gasteiger partial charge in [-0.2, -0.15) is 0 Å². The number of methoxy groups -OCH3 is 1. The first-order chi connectivity index (χ1) is 11.2. The van der Waals surface area contributed by atoms with Crippen molar-refractivity contribution in [1.82, 2.24) is 15.5 Å². The molecule has 0 saturated carbocycles.